The van der Waals surface area contributed by atoms with Gasteiger partial charge in [-0.2, -0.15) is 0 Å². The van der Waals surface area contributed by atoms with Crippen LogP contribution in [0.15, 0.2) is 72.8 Å². The summed E-state index contributed by atoms with van der Waals surface area (Å²) >= 11 is 0. The predicted molar refractivity (Wildman–Crippen MR) is 122 cm³/mol. The standard InChI is InChI=1S/C26H24O5/c1-3-23(19-8-14-24(31-2)20(16-19)9-15-25(29)30)26(17-4-10-21(27)11-5-17)18-6-12-22(28)13-7-18/h4-16,27-28H,3H2,1-2H3,(H,29,30). The zero-order chi connectivity index (χ0) is 22.4. The molecule has 0 aliphatic heterocycles. The molecule has 3 rings (SSSR count). The van der Waals surface area contributed by atoms with Crippen LogP contribution in [-0.2, 0) is 4.79 Å². The van der Waals surface area contributed by atoms with Crippen molar-refractivity contribution in [1.82, 2.24) is 0 Å². The van der Waals surface area contributed by atoms with Crippen molar-refractivity contribution in [1.29, 1.82) is 0 Å². The van der Waals surface area contributed by atoms with Gasteiger partial charge in [0.25, 0.3) is 0 Å². The molecule has 0 spiro atoms. The molecular weight excluding hydrogens is 392 g/mol. The van der Waals surface area contributed by atoms with Crippen molar-refractivity contribution < 1.29 is 24.9 Å². The van der Waals surface area contributed by atoms with Crippen molar-refractivity contribution in [2.24, 2.45) is 0 Å². The minimum atomic E-state index is -1.03. The fourth-order valence-corrected chi connectivity index (χ4v) is 3.51. The van der Waals surface area contributed by atoms with E-state index in [1.165, 1.54) is 6.08 Å². The predicted octanol–water partition coefficient (Wildman–Crippen LogP) is 5.57. The molecular formula is C26H24O5. The van der Waals surface area contributed by atoms with Gasteiger partial charge < -0.3 is 20.1 Å². The molecule has 0 bridgehead atoms. The molecule has 158 valence electrons. The van der Waals surface area contributed by atoms with Crippen LogP contribution in [0.2, 0.25) is 0 Å². The van der Waals surface area contributed by atoms with E-state index in [2.05, 4.69) is 0 Å². The van der Waals surface area contributed by atoms with E-state index in [0.29, 0.717) is 17.7 Å². The Labute approximate surface area is 181 Å². The number of ether oxygens (including phenoxy) is 1. The highest BCUT2D eigenvalue weighted by Crippen LogP contribution is 2.37. The number of carboxylic acids is 1. The summed E-state index contributed by atoms with van der Waals surface area (Å²) < 4.78 is 5.39. The summed E-state index contributed by atoms with van der Waals surface area (Å²) in [6, 6.07) is 19.6. The summed E-state index contributed by atoms with van der Waals surface area (Å²) in [7, 11) is 1.54. The number of carbonyl (C=O) groups is 1. The van der Waals surface area contributed by atoms with Gasteiger partial charge in [-0.15, -0.1) is 0 Å². The molecule has 0 unspecified atom stereocenters. The maximum Gasteiger partial charge on any atom is 0.328 e. The fraction of sp³-hybridized carbons (Fsp3) is 0.115. The van der Waals surface area contributed by atoms with E-state index in [1.54, 1.807) is 31.4 Å². The molecule has 5 nitrogen and oxygen atoms in total. The Kier molecular flexibility index (Phi) is 6.78. The van der Waals surface area contributed by atoms with Gasteiger partial charge in [0, 0.05) is 11.6 Å². The van der Waals surface area contributed by atoms with Crippen LogP contribution in [0.5, 0.6) is 17.2 Å². The summed E-state index contributed by atoms with van der Waals surface area (Å²) in [6.45, 7) is 2.05. The number of hydrogen-bond donors (Lipinski definition) is 3. The molecule has 0 heterocycles. The van der Waals surface area contributed by atoms with Crippen LogP contribution in [0.1, 0.15) is 35.6 Å². The molecule has 3 N–H and O–H groups in total. The highest BCUT2D eigenvalue weighted by atomic mass is 16.5. The van der Waals surface area contributed by atoms with E-state index < -0.39 is 5.97 Å². The van der Waals surface area contributed by atoms with Crippen LogP contribution >= 0.6 is 0 Å². The normalized spacial score (nSPS) is 10.8. The molecule has 5 heteroatoms. The average molecular weight is 416 g/mol. The van der Waals surface area contributed by atoms with Gasteiger partial charge in [-0.05, 0) is 76.7 Å². The Morgan fingerprint density at radius 3 is 1.84 bits per heavy atom. The highest BCUT2D eigenvalue weighted by Gasteiger charge is 2.15. The van der Waals surface area contributed by atoms with Gasteiger partial charge >= 0.3 is 5.97 Å². The van der Waals surface area contributed by atoms with E-state index in [4.69, 9.17) is 9.84 Å². The van der Waals surface area contributed by atoms with E-state index >= 15 is 0 Å². The van der Waals surface area contributed by atoms with Gasteiger partial charge in [0.2, 0.25) is 0 Å². The van der Waals surface area contributed by atoms with E-state index in [9.17, 15) is 15.0 Å². The number of carboxylic acid groups (broad SMARTS) is 1. The Hall–Kier alpha value is -3.99. The number of hydrogen-bond acceptors (Lipinski definition) is 4. The summed E-state index contributed by atoms with van der Waals surface area (Å²) in [5.41, 5.74) is 5.40. The third-order valence-corrected chi connectivity index (χ3v) is 4.95. The SMILES string of the molecule is CCC(=C(c1ccc(O)cc1)c1ccc(O)cc1)c1ccc(OC)c(C=CC(=O)O)c1. The summed E-state index contributed by atoms with van der Waals surface area (Å²) in [5.74, 6) is -0.102. The number of aromatic hydroxyl groups is 2. The Morgan fingerprint density at radius 2 is 1.39 bits per heavy atom. The van der Waals surface area contributed by atoms with Crippen LogP contribution in [0.3, 0.4) is 0 Å². The van der Waals surface area contributed by atoms with Crippen molar-refractivity contribution in [2.75, 3.05) is 7.11 Å². The lowest BCUT2D eigenvalue weighted by Gasteiger charge is -2.17. The molecule has 0 saturated heterocycles. The molecule has 31 heavy (non-hydrogen) atoms. The van der Waals surface area contributed by atoms with Gasteiger partial charge in [-0.25, -0.2) is 4.79 Å². The maximum absolute atomic E-state index is 11.0. The highest BCUT2D eigenvalue weighted by molar-refractivity contribution is 5.99. The van der Waals surface area contributed by atoms with Gasteiger partial charge in [-0.1, -0.05) is 37.3 Å². The molecule has 0 amide bonds. The van der Waals surface area contributed by atoms with Crippen molar-refractivity contribution in [3.8, 4) is 17.2 Å². The first-order chi connectivity index (χ1) is 14.9. The van der Waals surface area contributed by atoms with Gasteiger partial charge in [0.15, 0.2) is 0 Å². The molecule has 0 aromatic heterocycles. The van der Waals surface area contributed by atoms with Crippen molar-refractivity contribution in [2.45, 2.75) is 13.3 Å². The smallest absolute Gasteiger partial charge is 0.328 e. The number of phenols is 2. The molecule has 0 atom stereocenters. The van der Waals surface area contributed by atoms with Crippen LogP contribution in [-0.4, -0.2) is 28.4 Å². The third-order valence-electron chi connectivity index (χ3n) is 4.95. The Morgan fingerprint density at radius 1 is 0.871 bits per heavy atom. The minimum Gasteiger partial charge on any atom is -0.508 e. The van der Waals surface area contributed by atoms with Crippen LogP contribution < -0.4 is 4.74 Å². The molecule has 0 aliphatic carbocycles. The molecule has 0 aliphatic rings. The number of allylic oxidation sites excluding steroid dienone is 1. The number of benzene rings is 3. The Balaban J connectivity index is 2.26. The summed E-state index contributed by atoms with van der Waals surface area (Å²) in [5, 5.41) is 28.5. The number of phenolic OH excluding ortho intramolecular Hbond substituents is 2. The third kappa shape index (κ3) is 5.14. The first-order valence-corrected chi connectivity index (χ1v) is 9.84. The van der Waals surface area contributed by atoms with Crippen molar-refractivity contribution in [3.05, 3.63) is 95.1 Å². The minimum absolute atomic E-state index is 0.178. The topological polar surface area (TPSA) is 87.0 Å². The zero-order valence-corrected chi connectivity index (χ0v) is 17.4. The lowest BCUT2D eigenvalue weighted by atomic mass is 9.87. The number of methoxy groups -OCH3 is 1. The van der Waals surface area contributed by atoms with Gasteiger partial charge in [-0.3, -0.25) is 0 Å². The van der Waals surface area contributed by atoms with Crippen molar-refractivity contribution >= 4 is 23.2 Å². The van der Waals surface area contributed by atoms with Crippen LogP contribution in [0.4, 0.5) is 0 Å². The summed E-state index contributed by atoms with van der Waals surface area (Å²) in [6.07, 6.45) is 3.29. The molecule has 0 radical (unpaired) electrons. The van der Waals surface area contributed by atoms with Crippen LogP contribution in [0, 0.1) is 0 Å². The average Bonchev–Trinajstić information content (AvgIpc) is 2.77. The molecule has 3 aromatic carbocycles. The fourth-order valence-electron chi connectivity index (χ4n) is 3.51. The second-order valence-electron chi connectivity index (χ2n) is 6.93. The Bertz CT molecular complexity index is 1080. The first-order valence-electron chi connectivity index (χ1n) is 9.84. The largest absolute Gasteiger partial charge is 0.508 e. The van der Waals surface area contributed by atoms with Gasteiger partial charge in [0.05, 0.1) is 7.11 Å². The van der Waals surface area contributed by atoms with Crippen LogP contribution in [0.25, 0.3) is 17.2 Å². The van der Waals surface area contributed by atoms with E-state index in [-0.39, 0.29) is 11.5 Å². The first kappa shape index (κ1) is 21.7. The monoisotopic (exact) mass is 416 g/mol. The second-order valence-corrected chi connectivity index (χ2v) is 6.93. The van der Waals surface area contributed by atoms with Gasteiger partial charge in [0.1, 0.15) is 17.2 Å². The zero-order valence-electron chi connectivity index (χ0n) is 17.4. The molecule has 3 aromatic rings. The number of rotatable bonds is 7. The van der Waals surface area contributed by atoms with Crippen molar-refractivity contribution in [3.63, 3.8) is 0 Å². The number of aliphatic carboxylic acids is 1. The summed E-state index contributed by atoms with van der Waals surface area (Å²) in [4.78, 5) is 11.0. The maximum atomic E-state index is 11.0. The van der Waals surface area contributed by atoms with E-state index in [0.717, 1.165) is 33.9 Å². The lowest BCUT2D eigenvalue weighted by Crippen LogP contribution is -1.97. The quantitative estimate of drug-likeness (QED) is 0.346. The molecule has 0 saturated carbocycles. The van der Waals surface area contributed by atoms with E-state index in [1.807, 2.05) is 49.4 Å². The molecule has 0 fully saturated rings. The lowest BCUT2D eigenvalue weighted by molar-refractivity contribution is -0.131. The second kappa shape index (κ2) is 9.67.